The van der Waals surface area contributed by atoms with Crippen LogP contribution in [0, 0.1) is 0 Å². The fourth-order valence-corrected chi connectivity index (χ4v) is 3.64. The number of pyridine rings is 1. The quantitative estimate of drug-likeness (QED) is 0.526. The Bertz CT molecular complexity index is 1260. The maximum absolute atomic E-state index is 12.3. The monoisotopic (exact) mass is 371 g/mol. The number of thiazole rings is 1. The van der Waals surface area contributed by atoms with Crippen molar-refractivity contribution in [2.24, 2.45) is 4.99 Å². The number of fused-ring (bicyclic) bond motifs is 2. The molecule has 1 amide bonds. The molecule has 0 saturated carbocycles. The second-order valence-electron chi connectivity index (χ2n) is 6.06. The number of guanidine groups is 1. The molecule has 0 radical (unpaired) electrons. The van der Waals surface area contributed by atoms with Crippen LogP contribution < -0.4 is 10.6 Å². The summed E-state index contributed by atoms with van der Waals surface area (Å²) in [5.41, 5.74) is 5.72. The highest BCUT2D eigenvalue weighted by atomic mass is 32.1. The van der Waals surface area contributed by atoms with Crippen LogP contribution >= 0.6 is 11.3 Å². The molecule has 0 atom stereocenters. The molecule has 0 bridgehead atoms. The summed E-state index contributed by atoms with van der Waals surface area (Å²) in [6, 6.07) is 15.6. The lowest BCUT2D eigenvalue weighted by atomic mass is 10.1. The van der Waals surface area contributed by atoms with Gasteiger partial charge in [-0.05, 0) is 42.0 Å². The third kappa shape index (κ3) is 3.04. The number of aromatic nitrogens is 2. The summed E-state index contributed by atoms with van der Waals surface area (Å²) in [6.07, 6.45) is 3.51. The number of aliphatic imine (C=N–C) groups is 1. The fraction of sp³-hybridized carbons (Fsp3) is 0. The SMILES string of the molecule is O=C1NC(Nc2ccc3ncsc3c2)=N/C1=C\c1ccc2cccnc2c1. The number of anilines is 1. The van der Waals surface area contributed by atoms with Gasteiger partial charge in [-0.1, -0.05) is 18.2 Å². The van der Waals surface area contributed by atoms with E-state index in [1.807, 2.05) is 54.0 Å². The number of hydrogen-bond acceptors (Lipinski definition) is 6. The van der Waals surface area contributed by atoms with Gasteiger partial charge in [0.1, 0.15) is 5.70 Å². The van der Waals surface area contributed by atoms with Gasteiger partial charge in [-0.15, -0.1) is 11.3 Å². The smallest absolute Gasteiger partial charge is 0.276 e. The number of amides is 1. The predicted molar refractivity (Wildman–Crippen MR) is 109 cm³/mol. The van der Waals surface area contributed by atoms with E-state index >= 15 is 0 Å². The highest BCUT2D eigenvalue weighted by Gasteiger charge is 2.20. The molecular weight excluding hydrogens is 358 g/mol. The van der Waals surface area contributed by atoms with Crippen LogP contribution in [0.5, 0.6) is 0 Å². The summed E-state index contributed by atoms with van der Waals surface area (Å²) in [7, 11) is 0. The predicted octanol–water partition coefficient (Wildman–Crippen LogP) is 3.78. The standard InChI is InChI=1S/C20H13N5OS/c26-19-17(9-12-3-4-13-2-1-7-21-16(13)8-12)24-20(25-19)23-14-5-6-15-18(10-14)27-11-22-15/h1-11H,(H2,23,24,25,26)/b17-9-. The molecule has 0 saturated heterocycles. The first-order chi connectivity index (χ1) is 13.2. The van der Waals surface area contributed by atoms with Crippen molar-refractivity contribution in [3.05, 3.63) is 71.5 Å². The van der Waals surface area contributed by atoms with E-state index in [1.54, 1.807) is 23.6 Å². The van der Waals surface area contributed by atoms with Gasteiger partial charge in [-0.2, -0.15) is 0 Å². The Morgan fingerprint density at radius 1 is 1.04 bits per heavy atom. The maximum atomic E-state index is 12.3. The summed E-state index contributed by atoms with van der Waals surface area (Å²) in [6.45, 7) is 0. The second kappa shape index (κ2) is 6.30. The summed E-state index contributed by atoms with van der Waals surface area (Å²) >= 11 is 1.57. The van der Waals surface area contributed by atoms with Crippen molar-refractivity contribution in [1.82, 2.24) is 15.3 Å². The molecule has 0 fully saturated rings. The minimum Gasteiger partial charge on any atom is -0.326 e. The van der Waals surface area contributed by atoms with Crippen molar-refractivity contribution in [2.45, 2.75) is 0 Å². The Morgan fingerprint density at radius 2 is 2.00 bits per heavy atom. The molecule has 0 unspecified atom stereocenters. The van der Waals surface area contributed by atoms with Crippen molar-refractivity contribution < 1.29 is 4.79 Å². The minimum absolute atomic E-state index is 0.238. The van der Waals surface area contributed by atoms with Gasteiger partial charge in [0.2, 0.25) is 5.96 Å². The van der Waals surface area contributed by atoms with Gasteiger partial charge in [-0.3, -0.25) is 15.1 Å². The Balaban J connectivity index is 1.43. The Labute approximate surface area is 158 Å². The molecule has 27 heavy (non-hydrogen) atoms. The van der Waals surface area contributed by atoms with Gasteiger partial charge in [0, 0.05) is 17.3 Å². The van der Waals surface area contributed by atoms with Gasteiger partial charge in [0.25, 0.3) is 5.91 Å². The van der Waals surface area contributed by atoms with Gasteiger partial charge in [-0.25, -0.2) is 9.98 Å². The number of nitrogens with zero attached hydrogens (tertiary/aromatic N) is 3. The summed E-state index contributed by atoms with van der Waals surface area (Å²) < 4.78 is 1.07. The van der Waals surface area contributed by atoms with Crippen molar-refractivity contribution in [3.8, 4) is 0 Å². The fourth-order valence-electron chi connectivity index (χ4n) is 2.93. The van der Waals surface area contributed by atoms with Gasteiger partial charge in [0.05, 0.1) is 21.2 Å². The molecule has 5 rings (SSSR count). The maximum Gasteiger partial charge on any atom is 0.276 e. The van der Waals surface area contributed by atoms with E-state index in [9.17, 15) is 4.79 Å². The molecule has 3 heterocycles. The zero-order valence-corrected chi connectivity index (χ0v) is 14.8. The summed E-state index contributed by atoms with van der Waals surface area (Å²) in [5, 5.41) is 6.95. The van der Waals surface area contributed by atoms with Crippen molar-refractivity contribution in [1.29, 1.82) is 0 Å². The first-order valence-corrected chi connectivity index (χ1v) is 9.19. The van der Waals surface area contributed by atoms with Crippen LogP contribution in [0.4, 0.5) is 5.69 Å². The molecular formula is C20H13N5OS. The van der Waals surface area contributed by atoms with E-state index in [4.69, 9.17) is 0 Å². The number of rotatable bonds is 2. The molecule has 2 aromatic carbocycles. The van der Waals surface area contributed by atoms with Gasteiger partial charge >= 0.3 is 0 Å². The first-order valence-electron chi connectivity index (χ1n) is 8.31. The molecule has 6 nitrogen and oxygen atoms in total. The van der Waals surface area contributed by atoms with Crippen molar-refractivity contribution in [3.63, 3.8) is 0 Å². The number of nitrogens with one attached hydrogen (secondary N) is 2. The lowest BCUT2D eigenvalue weighted by molar-refractivity contribution is -0.115. The van der Waals surface area contributed by atoms with E-state index < -0.39 is 0 Å². The highest BCUT2D eigenvalue weighted by molar-refractivity contribution is 7.16. The summed E-state index contributed by atoms with van der Waals surface area (Å²) in [4.78, 5) is 25.2. The van der Waals surface area contributed by atoms with Crippen LogP contribution in [0.3, 0.4) is 0 Å². The van der Waals surface area contributed by atoms with Gasteiger partial charge < -0.3 is 5.32 Å². The second-order valence-corrected chi connectivity index (χ2v) is 6.95. The Morgan fingerprint density at radius 3 is 2.96 bits per heavy atom. The molecule has 1 aliphatic rings. The molecule has 1 aliphatic heterocycles. The molecule has 2 aromatic heterocycles. The molecule has 0 aliphatic carbocycles. The first kappa shape index (κ1) is 15.7. The largest absolute Gasteiger partial charge is 0.326 e. The minimum atomic E-state index is -0.238. The number of benzene rings is 2. The van der Waals surface area contributed by atoms with Crippen LogP contribution in [0.2, 0.25) is 0 Å². The molecule has 4 aromatic rings. The lowest BCUT2D eigenvalue weighted by Gasteiger charge is -2.04. The number of carbonyl (C=O) groups excluding carboxylic acids is 1. The van der Waals surface area contributed by atoms with E-state index in [1.165, 1.54) is 0 Å². The zero-order valence-electron chi connectivity index (χ0n) is 14.0. The molecule has 0 spiro atoms. The lowest BCUT2D eigenvalue weighted by Crippen LogP contribution is -2.29. The topological polar surface area (TPSA) is 79.3 Å². The average molecular weight is 371 g/mol. The molecule has 2 N–H and O–H groups in total. The van der Waals surface area contributed by atoms with E-state index in [2.05, 4.69) is 25.6 Å². The molecule has 130 valence electrons. The number of hydrogen-bond donors (Lipinski definition) is 2. The van der Waals surface area contributed by atoms with Gasteiger partial charge in [0.15, 0.2) is 0 Å². The average Bonchev–Trinajstić information content (AvgIpc) is 3.28. The van der Waals surface area contributed by atoms with Crippen LogP contribution in [0.1, 0.15) is 5.56 Å². The Hall–Kier alpha value is -3.58. The summed E-state index contributed by atoms with van der Waals surface area (Å²) in [5.74, 6) is 0.173. The van der Waals surface area contributed by atoms with Crippen LogP contribution in [-0.4, -0.2) is 21.8 Å². The number of carbonyl (C=O) groups is 1. The van der Waals surface area contributed by atoms with Crippen molar-refractivity contribution >= 4 is 56.1 Å². The molecule has 7 heteroatoms. The van der Waals surface area contributed by atoms with E-state index in [0.717, 1.165) is 32.4 Å². The third-order valence-corrected chi connectivity index (χ3v) is 5.02. The normalized spacial score (nSPS) is 15.3. The van der Waals surface area contributed by atoms with E-state index in [-0.39, 0.29) is 5.91 Å². The van der Waals surface area contributed by atoms with Crippen LogP contribution in [0.25, 0.3) is 27.2 Å². The van der Waals surface area contributed by atoms with Crippen LogP contribution in [-0.2, 0) is 4.79 Å². The zero-order chi connectivity index (χ0) is 18.2. The van der Waals surface area contributed by atoms with Crippen LogP contribution in [0.15, 0.2) is 70.9 Å². The van der Waals surface area contributed by atoms with Crippen molar-refractivity contribution in [2.75, 3.05) is 5.32 Å². The third-order valence-electron chi connectivity index (χ3n) is 4.22. The Kier molecular flexibility index (Phi) is 3.65. The highest BCUT2D eigenvalue weighted by Crippen LogP contribution is 2.22. The van der Waals surface area contributed by atoms with E-state index in [0.29, 0.717) is 11.7 Å².